The quantitative estimate of drug-likeness (QED) is 0.391. The molecule has 0 N–H and O–H groups in total. The van der Waals surface area contributed by atoms with Gasteiger partial charge < -0.3 is 9.47 Å². The van der Waals surface area contributed by atoms with E-state index >= 15 is 0 Å². The zero-order valence-electron chi connectivity index (χ0n) is 11.4. The lowest BCUT2D eigenvalue weighted by Crippen LogP contribution is -2.09. The molecule has 0 amide bonds. The van der Waals surface area contributed by atoms with E-state index in [4.69, 9.17) is 44.3 Å². The molecule has 0 radical (unpaired) electrons. The predicted molar refractivity (Wildman–Crippen MR) is 82.0 cm³/mol. The van der Waals surface area contributed by atoms with Crippen molar-refractivity contribution in [3.05, 3.63) is 27.2 Å². The molecule has 1 rings (SSSR count). The summed E-state index contributed by atoms with van der Waals surface area (Å²) < 4.78 is 10.5. The summed E-state index contributed by atoms with van der Waals surface area (Å²) in [6.07, 6.45) is 1.98. The van der Waals surface area contributed by atoms with E-state index in [1.54, 1.807) is 0 Å². The fraction of sp³-hybridized carbons (Fsp3) is 0.500. The number of hydrogen-bond donors (Lipinski definition) is 0. The maximum atomic E-state index is 11.7. The van der Waals surface area contributed by atoms with Gasteiger partial charge in [-0.1, -0.05) is 34.8 Å². The fourth-order valence-corrected chi connectivity index (χ4v) is 2.38. The Hall–Kier alpha value is -0.480. The smallest absolute Gasteiger partial charge is 0.311 e. The van der Waals surface area contributed by atoms with Crippen LogP contribution in [-0.4, -0.2) is 18.7 Å². The zero-order chi connectivity index (χ0) is 15.1. The highest BCUT2D eigenvalue weighted by Crippen LogP contribution is 2.36. The van der Waals surface area contributed by atoms with E-state index in [9.17, 15) is 4.79 Å². The summed E-state index contributed by atoms with van der Waals surface area (Å²) in [6.45, 7) is 4.57. The molecule has 0 spiro atoms. The van der Waals surface area contributed by atoms with Gasteiger partial charge in [-0.3, -0.25) is 4.79 Å². The lowest BCUT2D eigenvalue weighted by atomic mass is 10.2. The molecule has 0 aliphatic heterocycles. The van der Waals surface area contributed by atoms with Gasteiger partial charge in [0.05, 0.1) is 16.1 Å². The van der Waals surface area contributed by atoms with E-state index in [0.717, 1.165) is 6.42 Å². The lowest BCUT2D eigenvalue weighted by Gasteiger charge is -2.09. The van der Waals surface area contributed by atoms with Crippen molar-refractivity contribution < 1.29 is 14.3 Å². The summed E-state index contributed by atoms with van der Waals surface area (Å²) in [6, 6.07) is 2.96. The molecule has 0 atom stereocenters. The molecule has 0 saturated heterocycles. The highest BCUT2D eigenvalue weighted by molar-refractivity contribution is 6.40. The monoisotopic (exact) mass is 338 g/mol. The van der Waals surface area contributed by atoms with Gasteiger partial charge in [-0.25, -0.2) is 0 Å². The number of esters is 1. The van der Waals surface area contributed by atoms with Crippen molar-refractivity contribution in [1.29, 1.82) is 0 Å². The van der Waals surface area contributed by atoms with Crippen LogP contribution in [0.1, 0.15) is 33.1 Å². The zero-order valence-corrected chi connectivity index (χ0v) is 13.7. The molecule has 3 nitrogen and oxygen atoms in total. The van der Waals surface area contributed by atoms with Gasteiger partial charge in [0.2, 0.25) is 0 Å². The van der Waals surface area contributed by atoms with Crippen LogP contribution in [0.3, 0.4) is 0 Å². The summed E-state index contributed by atoms with van der Waals surface area (Å²) in [7, 11) is 0. The molecule has 6 heteroatoms. The van der Waals surface area contributed by atoms with E-state index in [1.807, 2.05) is 13.8 Å². The van der Waals surface area contributed by atoms with Gasteiger partial charge in [0.25, 0.3) is 0 Å². The molecule has 0 unspecified atom stereocenters. The maximum Gasteiger partial charge on any atom is 0.311 e. The molecule has 0 saturated carbocycles. The van der Waals surface area contributed by atoms with Crippen LogP contribution in [0.25, 0.3) is 0 Å². The van der Waals surface area contributed by atoms with Gasteiger partial charge in [0.15, 0.2) is 5.75 Å². The topological polar surface area (TPSA) is 35.5 Å². The maximum absolute atomic E-state index is 11.7. The SMILES string of the molecule is CC(C)OCCCCC(=O)Oc1c(Cl)cc(Cl)cc1Cl. The minimum absolute atomic E-state index is 0.154. The normalized spacial score (nSPS) is 10.9. The van der Waals surface area contributed by atoms with Crippen molar-refractivity contribution in [2.24, 2.45) is 0 Å². The van der Waals surface area contributed by atoms with Gasteiger partial charge in [-0.15, -0.1) is 0 Å². The molecular formula is C14H17Cl3O3. The Morgan fingerprint density at radius 2 is 1.75 bits per heavy atom. The molecule has 0 bridgehead atoms. The minimum Gasteiger partial charge on any atom is -0.423 e. The van der Waals surface area contributed by atoms with E-state index in [2.05, 4.69) is 0 Å². The molecule has 0 heterocycles. The number of rotatable bonds is 7. The first-order chi connectivity index (χ1) is 9.40. The number of carbonyl (C=O) groups excluding carboxylic acids is 1. The fourth-order valence-electron chi connectivity index (χ4n) is 1.48. The second kappa shape index (κ2) is 8.73. The first kappa shape index (κ1) is 17.6. The van der Waals surface area contributed by atoms with Crippen molar-refractivity contribution in [2.45, 2.75) is 39.2 Å². The predicted octanol–water partition coefficient (Wildman–Crippen LogP) is 5.15. The van der Waals surface area contributed by atoms with Crippen molar-refractivity contribution in [1.82, 2.24) is 0 Å². The summed E-state index contributed by atoms with van der Waals surface area (Å²) >= 11 is 17.6. The van der Waals surface area contributed by atoms with Crippen LogP contribution in [0.15, 0.2) is 12.1 Å². The third-order valence-electron chi connectivity index (χ3n) is 2.41. The highest BCUT2D eigenvalue weighted by atomic mass is 35.5. The number of halogens is 3. The number of unbranched alkanes of at least 4 members (excludes halogenated alkanes) is 1. The number of carbonyl (C=O) groups is 1. The van der Waals surface area contributed by atoms with Gasteiger partial charge in [-0.05, 0) is 38.8 Å². The van der Waals surface area contributed by atoms with E-state index in [1.165, 1.54) is 12.1 Å². The van der Waals surface area contributed by atoms with Crippen molar-refractivity contribution in [3.63, 3.8) is 0 Å². The first-order valence-electron chi connectivity index (χ1n) is 6.37. The Kier molecular flexibility index (Phi) is 7.67. The van der Waals surface area contributed by atoms with E-state index in [0.29, 0.717) is 18.1 Å². The van der Waals surface area contributed by atoms with Gasteiger partial charge in [-0.2, -0.15) is 0 Å². The van der Waals surface area contributed by atoms with Crippen LogP contribution in [0.2, 0.25) is 15.1 Å². The van der Waals surface area contributed by atoms with E-state index in [-0.39, 0.29) is 34.3 Å². The first-order valence-corrected chi connectivity index (χ1v) is 7.50. The standard InChI is InChI=1S/C14H17Cl3O3/c1-9(2)19-6-4-3-5-13(18)20-14-11(16)7-10(15)8-12(14)17/h7-9H,3-6H2,1-2H3. The Morgan fingerprint density at radius 1 is 1.15 bits per heavy atom. The van der Waals surface area contributed by atoms with Crippen LogP contribution in [0.5, 0.6) is 5.75 Å². The second-order valence-corrected chi connectivity index (χ2v) is 5.80. The number of benzene rings is 1. The van der Waals surface area contributed by atoms with Crippen molar-refractivity contribution in [3.8, 4) is 5.75 Å². The Balaban J connectivity index is 2.39. The summed E-state index contributed by atoms with van der Waals surface area (Å²) in [5, 5.41) is 0.837. The van der Waals surface area contributed by atoms with Crippen LogP contribution in [0.4, 0.5) is 0 Å². The molecule has 20 heavy (non-hydrogen) atoms. The highest BCUT2D eigenvalue weighted by Gasteiger charge is 2.13. The van der Waals surface area contributed by atoms with Gasteiger partial charge in [0.1, 0.15) is 0 Å². The minimum atomic E-state index is -0.374. The van der Waals surface area contributed by atoms with E-state index < -0.39 is 0 Å². The summed E-state index contributed by atoms with van der Waals surface area (Å²) in [5.41, 5.74) is 0. The van der Waals surface area contributed by atoms with Crippen molar-refractivity contribution >= 4 is 40.8 Å². The molecule has 1 aromatic carbocycles. The van der Waals surface area contributed by atoms with Crippen LogP contribution < -0.4 is 4.74 Å². The third-order valence-corrected chi connectivity index (χ3v) is 3.19. The van der Waals surface area contributed by atoms with Gasteiger partial charge in [0, 0.05) is 18.1 Å². The van der Waals surface area contributed by atoms with Crippen LogP contribution >= 0.6 is 34.8 Å². The summed E-state index contributed by atoms with van der Waals surface area (Å²) in [4.78, 5) is 11.7. The van der Waals surface area contributed by atoms with Gasteiger partial charge >= 0.3 is 5.97 Å². The molecule has 0 aliphatic rings. The molecule has 112 valence electrons. The third kappa shape index (κ3) is 6.31. The molecule has 0 fully saturated rings. The largest absolute Gasteiger partial charge is 0.423 e. The average Bonchev–Trinajstić information content (AvgIpc) is 2.33. The Morgan fingerprint density at radius 3 is 2.30 bits per heavy atom. The summed E-state index contributed by atoms with van der Waals surface area (Å²) in [5.74, 6) is -0.221. The molecule has 0 aromatic heterocycles. The molecular weight excluding hydrogens is 323 g/mol. The number of ether oxygens (including phenoxy) is 2. The average molecular weight is 340 g/mol. The lowest BCUT2D eigenvalue weighted by molar-refractivity contribution is -0.134. The Bertz CT molecular complexity index is 438. The van der Waals surface area contributed by atoms with Crippen LogP contribution in [0, 0.1) is 0 Å². The molecule has 1 aromatic rings. The second-order valence-electron chi connectivity index (χ2n) is 4.55. The number of hydrogen-bond acceptors (Lipinski definition) is 3. The molecule has 0 aliphatic carbocycles. The Labute approximate surface area is 134 Å². The van der Waals surface area contributed by atoms with Crippen molar-refractivity contribution in [2.75, 3.05) is 6.61 Å². The van der Waals surface area contributed by atoms with Crippen LogP contribution in [-0.2, 0) is 9.53 Å².